The lowest BCUT2D eigenvalue weighted by Gasteiger charge is -2.21. The molecule has 0 saturated heterocycles. The van der Waals surface area contributed by atoms with E-state index in [1.807, 2.05) is 30.3 Å². The highest BCUT2D eigenvalue weighted by molar-refractivity contribution is 5.73. The molecule has 1 aliphatic rings. The molecule has 104 valence electrons. The van der Waals surface area contributed by atoms with Gasteiger partial charge < -0.3 is 5.73 Å². The Morgan fingerprint density at radius 1 is 1.05 bits per heavy atom. The summed E-state index contributed by atoms with van der Waals surface area (Å²) in [6.07, 6.45) is 2.08. The molecule has 0 radical (unpaired) electrons. The largest absolute Gasteiger partial charge is 0.370 e. The Hall–Kier alpha value is -2.53. The van der Waals surface area contributed by atoms with Crippen LogP contribution in [0.4, 0.5) is 0 Å². The van der Waals surface area contributed by atoms with Crippen LogP contribution in [0.2, 0.25) is 0 Å². The smallest absolute Gasteiger partial charge is 0.217 e. The molecule has 2 N–H and O–H groups in total. The minimum Gasteiger partial charge on any atom is -0.370 e. The van der Waals surface area contributed by atoms with Gasteiger partial charge in [0.25, 0.3) is 0 Å². The van der Waals surface area contributed by atoms with E-state index in [1.54, 1.807) is 0 Å². The first kappa shape index (κ1) is 13.5. The summed E-state index contributed by atoms with van der Waals surface area (Å²) < 4.78 is 0. The standard InChI is InChI=1S/C19H17NO/c20-19(21)12-11-17-13-16-7-2-1-5-14(16)9-10-15-6-3-4-8-18(15)17/h1-8,17H,11-13H2,(H2,20,21). The van der Waals surface area contributed by atoms with Crippen molar-refractivity contribution in [2.24, 2.45) is 5.73 Å². The summed E-state index contributed by atoms with van der Waals surface area (Å²) in [5.41, 5.74) is 9.93. The van der Waals surface area contributed by atoms with Crippen LogP contribution in [0.15, 0.2) is 48.5 Å². The molecule has 0 saturated carbocycles. The molecule has 2 nitrogen and oxygen atoms in total. The Morgan fingerprint density at radius 3 is 2.52 bits per heavy atom. The van der Waals surface area contributed by atoms with E-state index < -0.39 is 0 Å². The molecule has 0 bridgehead atoms. The zero-order chi connectivity index (χ0) is 14.7. The van der Waals surface area contributed by atoms with Crippen LogP contribution in [0.25, 0.3) is 0 Å². The number of hydrogen-bond donors (Lipinski definition) is 1. The Morgan fingerprint density at radius 2 is 1.71 bits per heavy atom. The molecule has 2 aromatic carbocycles. The summed E-state index contributed by atoms with van der Waals surface area (Å²) in [6, 6.07) is 16.4. The third-order valence-electron chi connectivity index (χ3n) is 3.96. The summed E-state index contributed by atoms with van der Waals surface area (Å²) in [4.78, 5) is 11.1. The second-order valence-electron chi connectivity index (χ2n) is 5.40. The first-order valence-electron chi connectivity index (χ1n) is 7.21. The van der Waals surface area contributed by atoms with Crippen LogP contribution in [-0.4, -0.2) is 5.91 Å². The lowest BCUT2D eigenvalue weighted by atomic mass is 9.83. The molecule has 0 aliphatic heterocycles. The predicted octanol–water partition coefficient (Wildman–Crippen LogP) is 2.99. The van der Waals surface area contributed by atoms with Crippen molar-refractivity contribution in [3.63, 3.8) is 0 Å². The van der Waals surface area contributed by atoms with Gasteiger partial charge in [-0.3, -0.25) is 4.79 Å². The molecule has 3 rings (SSSR count). The Kier molecular flexibility index (Phi) is 3.75. The van der Waals surface area contributed by atoms with Gasteiger partial charge in [-0.15, -0.1) is 0 Å². The first-order valence-corrected chi connectivity index (χ1v) is 7.21. The molecule has 1 atom stereocenters. The number of nitrogens with two attached hydrogens (primary N) is 1. The normalized spacial score (nSPS) is 15.7. The lowest BCUT2D eigenvalue weighted by Crippen LogP contribution is -2.14. The molecule has 2 aromatic rings. The summed E-state index contributed by atoms with van der Waals surface area (Å²) in [5.74, 6) is 6.58. The van der Waals surface area contributed by atoms with E-state index in [4.69, 9.17) is 5.73 Å². The zero-order valence-corrected chi connectivity index (χ0v) is 11.8. The van der Waals surface area contributed by atoms with E-state index in [0.29, 0.717) is 6.42 Å². The van der Waals surface area contributed by atoms with E-state index in [2.05, 4.69) is 30.0 Å². The molecule has 21 heavy (non-hydrogen) atoms. The van der Waals surface area contributed by atoms with Crippen LogP contribution in [0.3, 0.4) is 0 Å². The number of carbonyl (C=O) groups is 1. The number of rotatable bonds is 3. The molecular formula is C19H17NO. The van der Waals surface area contributed by atoms with Crippen molar-refractivity contribution < 1.29 is 4.79 Å². The molecule has 1 unspecified atom stereocenters. The number of amides is 1. The maximum Gasteiger partial charge on any atom is 0.217 e. The van der Waals surface area contributed by atoms with Gasteiger partial charge in [0.15, 0.2) is 0 Å². The van der Waals surface area contributed by atoms with Gasteiger partial charge in [-0.25, -0.2) is 0 Å². The predicted molar refractivity (Wildman–Crippen MR) is 83.7 cm³/mol. The van der Waals surface area contributed by atoms with E-state index in [1.165, 1.54) is 11.1 Å². The van der Waals surface area contributed by atoms with Crippen molar-refractivity contribution in [2.75, 3.05) is 0 Å². The summed E-state index contributed by atoms with van der Waals surface area (Å²) in [6.45, 7) is 0. The summed E-state index contributed by atoms with van der Waals surface area (Å²) in [7, 11) is 0. The van der Waals surface area contributed by atoms with Gasteiger partial charge in [0.05, 0.1) is 0 Å². The fraction of sp³-hybridized carbons (Fsp3) is 0.211. The number of primary amides is 1. The molecule has 2 heteroatoms. The van der Waals surface area contributed by atoms with Crippen LogP contribution < -0.4 is 5.73 Å². The summed E-state index contributed by atoms with van der Waals surface area (Å²) >= 11 is 0. The van der Waals surface area contributed by atoms with Gasteiger partial charge in [0.1, 0.15) is 0 Å². The Bertz CT molecular complexity index is 736. The van der Waals surface area contributed by atoms with Crippen molar-refractivity contribution in [3.8, 4) is 11.8 Å². The quantitative estimate of drug-likeness (QED) is 0.860. The fourth-order valence-electron chi connectivity index (χ4n) is 2.87. The highest BCUT2D eigenvalue weighted by atomic mass is 16.1. The van der Waals surface area contributed by atoms with Crippen LogP contribution >= 0.6 is 0 Å². The van der Waals surface area contributed by atoms with Crippen molar-refractivity contribution in [1.29, 1.82) is 0 Å². The van der Waals surface area contributed by atoms with Crippen molar-refractivity contribution in [1.82, 2.24) is 0 Å². The number of benzene rings is 2. The Balaban J connectivity index is 2.05. The third-order valence-corrected chi connectivity index (χ3v) is 3.96. The van der Waals surface area contributed by atoms with E-state index >= 15 is 0 Å². The lowest BCUT2D eigenvalue weighted by molar-refractivity contribution is -0.118. The summed E-state index contributed by atoms with van der Waals surface area (Å²) in [5, 5.41) is 0. The number of carbonyl (C=O) groups excluding carboxylic acids is 1. The second kappa shape index (κ2) is 5.85. The van der Waals surface area contributed by atoms with Gasteiger partial charge in [-0.1, -0.05) is 48.2 Å². The molecule has 1 aliphatic carbocycles. The maximum absolute atomic E-state index is 11.1. The van der Waals surface area contributed by atoms with Crippen LogP contribution in [0.1, 0.15) is 41.0 Å². The molecule has 0 fully saturated rings. The molecule has 0 aromatic heterocycles. The minimum absolute atomic E-state index is 0.242. The molecule has 1 amide bonds. The van der Waals surface area contributed by atoms with Crippen LogP contribution in [-0.2, 0) is 11.2 Å². The van der Waals surface area contributed by atoms with Crippen LogP contribution in [0, 0.1) is 11.8 Å². The van der Waals surface area contributed by atoms with Gasteiger partial charge in [-0.2, -0.15) is 0 Å². The SMILES string of the molecule is NC(=O)CCC1Cc2ccccc2C#Cc2ccccc21. The Labute approximate surface area is 125 Å². The van der Waals surface area contributed by atoms with E-state index in [9.17, 15) is 4.79 Å². The first-order chi connectivity index (χ1) is 10.2. The third kappa shape index (κ3) is 2.98. The van der Waals surface area contributed by atoms with Crippen molar-refractivity contribution in [3.05, 3.63) is 70.8 Å². The number of fused-ring (bicyclic) bond motifs is 2. The average molecular weight is 275 g/mol. The average Bonchev–Trinajstić information content (AvgIpc) is 2.48. The van der Waals surface area contributed by atoms with Gasteiger partial charge in [0.2, 0.25) is 5.91 Å². The van der Waals surface area contributed by atoms with Crippen molar-refractivity contribution in [2.45, 2.75) is 25.2 Å². The number of hydrogen-bond acceptors (Lipinski definition) is 1. The molecule has 0 spiro atoms. The fourth-order valence-corrected chi connectivity index (χ4v) is 2.87. The topological polar surface area (TPSA) is 43.1 Å². The van der Waals surface area contributed by atoms with E-state index in [-0.39, 0.29) is 11.8 Å². The van der Waals surface area contributed by atoms with Crippen molar-refractivity contribution >= 4 is 5.91 Å². The maximum atomic E-state index is 11.1. The highest BCUT2D eigenvalue weighted by Crippen LogP contribution is 2.30. The van der Waals surface area contributed by atoms with E-state index in [0.717, 1.165) is 24.0 Å². The van der Waals surface area contributed by atoms with Gasteiger partial charge >= 0.3 is 0 Å². The van der Waals surface area contributed by atoms with Gasteiger partial charge in [-0.05, 0) is 42.0 Å². The van der Waals surface area contributed by atoms with Gasteiger partial charge in [0, 0.05) is 17.5 Å². The minimum atomic E-state index is -0.242. The zero-order valence-electron chi connectivity index (χ0n) is 11.8. The molecular weight excluding hydrogens is 258 g/mol. The monoisotopic (exact) mass is 275 g/mol. The van der Waals surface area contributed by atoms with Crippen LogP contribution in [0.5, 0.6) is 0 Å². The highest BCUT2D eigenvalue weighted by Gasteiger charge is 2.18. The molecule has 0 heterocycles. The second-order valence-corrected chi connectivity index (χ2v) is 5.40.